The lowest BCUT2D eigenvalue weighted by Gasteiger charge is -2.31. The highest BCUT2D eigenvalue weighted by Crippen LogP contribution is 2.38. The summed E-state index contributed by atoms with van der Waals surface area (Å²) in [6.45, 7) is 8.18. The van der Waals surface area contributed by atoms with Crippen LogP contribution in [0.1, 0.15) is 20.3 Å². The van der Waals surface area contributed by atoms with Crippen molar-refractivity contribution in [1.29, 1.82) is 0 Å². The van der Waals surface area contributed by atoms with E-state index in [1.165, 1.54) is 0 Å². The first-order valence-corrected chi connectivity index (χ1v) is 6.17. The molecule has 1 aliphatic heterocycles. The number of carbonyl (C=O) groups excluding carboxylic acids is 1. The Morgan fingerprint density at radius 3 is 2.69 bits per heavy atom. The van der Waals surface area contributed by atoms with Crippen molar-refractivity contribution < 1.29 is 14.3 Å². The number of nitrogens with zero attached hydrogens (tertiary/aromatic N) is 1. The van der Waals surface area contributed by atoms with Crippen LogP contribution in [0, 0.1) is 11.8 Å². The normalized spacial score (nSPS) is 32.1. The number of ether oxygens (including phenoxy) is 2. The number of morpholine rings is 1. The lowest BCUT2D eigenvalue weighted by molar-refractivity contribution is -0.147. The molecule has 0 radical (unpaired) electrons. The summed E-state index contributed by atoms with van der Waals surface area (Å²) in [6, 6.07) is 0.307. The minimum atomic E-state index is -0.00684. The number of carbonyl (C=O) groups is 1. The Balaban J connectivity index is 1.66. The molecule has 1 saturated carbocycles. The first kappa shape index (κ1) is 11.9. The monoisotopic (exact) mass is 227 g/mol. The molecule has 0 aromatic heterocycles. The van der Waals surface area contributed by atoms with Gasteiger partial charge in [0.25, 0.3) is 0 Å². The second-order valence-electron chi connectivity index (χ2n) is 4.95. The van der Waals surface area contributed by atoms with Gasteiger partial charge in [-0.05, 0) is 19.3 Å². The predicted molar refractivity (Wildman–Crippen MR) is 60.1 cm³/mol. The van der Waals surface area contributed by atoms with Crippen LogP contribution >= 0.6 is 0 Å². The van der Waals surface area contributed by atoms with Gasteiger partial charge in [0.15, 0.2) is 0 Å². The van der Waals surface area contributed by atoms with Crippen LogP contribution in [-0.4, -0.2) is 49.8 Å². The molecule has 2 fully saturated rings. The van der Waals surface area contributed by atoms with Crippen LogP contribution < -0.4 is 0 Å². The molecule has 0 spiro atoms. The van der Waals surface area contributed by atoms with Crippen molar-refractivity contribution in [2.45, 2.75) is 26.3 Å². The average molecular weight is 227 g/mol. The molecule has 0 aromatic rings. The van der Waals surface area contributed by atoms with Crippen LogP contribution in [-0.2, 0) is 14.3 Å². The van der Waals surface area contributed by atoms with E-state index in [0.29, 0.717) is 18.6 Å². The molecular weight excluding hydrogens is 206 g/mol. The first-order chi connectivity index (χ1) is 7.68. The summed E-state index contributed by atoms with van der Waals surface area (Å²) < 4.78 is 10.6. The van der Waals surface area contributed by atoms with E-state index in [0.717, 1.165) is 32.7 Å². The second-order valence-corrected chi connectivity index (χ2v) is 4.95. The molecule has 0 N–H and O–H groups in total. The van der Waals surface area contributed by atoms with Crippen molar-refractivity contribution >= 4 is 5.97 Å². The maximum atomic E-state index is 11.5. The second kappa shape index (κ2) is 5.15. The van der Waals surface area contributed by atoms with E-state index in [2.05, 4.69) is 18.7 Å². The fourth-order valence-corrected chi connectivity index (χ4v) is 2.08. The molecule has 1 aliphatic carbocycles. The molecule has 0 bridgehead atoms. The lowest BCUT2D eigenvalue weighted by Crippen LogP contribution is -2.44. The molecule has 0 aromatic carbocycles. The maximum absolute atomic E-state index is 11.5. The molecule has 16 heavy (non-hydrogen) atoms. The Morgan fingerprint density at radius 1 is 1.50 bits per heavy atom. The van der Waals surface area contributed by atoms with Crippen LogP contribution in [0.3, 0.4) is 0 Å². The Labute approximate surface area is 96.9 Å². The Bertz CT molecular complexity index is 251. The van der Waals surface area contributed by atoms with E-state index in [9.17, 15) is 4.79 Å². The summed E-state index contributed by atoms with van der Waals surface area (Å²) in [5, 5.41) is 0. The van der Waals surface area contributed by atoms with Gasteiger partial charge in [0.05, 0.1) is 19.1 Å². The van der Waals surface area contributed by atoms with Gasteiger partial charge in [-0.15, -0.1) is 0 Å². The zero-order chi connectivity index (χ0) is 11.5. The van der Waals surface area contributed by atoms with Crippen LogP contribution in [0.4, 0.5) is 0 Å². The summed E-state index contributed by atoms with van der Waals surface area (Å²) in [5.41, 5.74) is 0. The molecule has 2 rings (SSSR count). The third kappa shape index (κ3) is 2.95. The molecule has 3 atom stereocenters. The first-order valence-electron chi connectivity index (χ1n) is 6.17. The molecule has 0 unspecified atom stereocenters. The van der Waals surface area contributed by atoms with Gasteiger partial charge < -0.3 is 9.47 Å². The smallest absolute Gasteiger partial charge is 0.309 e. The molecular formula is C12H21NO3. The third-order valence-corrected chi connectivity index (χ3v) is 3.55. The lowest BCUT2D eigenvalue weighted by atomic mass is 10.2. The fourth-order valence-electron chi connectivity index (χ4n) is 2.08. The number of esters is 1. The minimum Gasteiger partial charge on any atom is -0.464 e. The van der Waals surface area contributed by atoms with E-state index in [1.54, 1.807) is 0 Å². The highest BCUT2D eigenvalue weighted by molar-refractivity contribution is 5.75. The van der Waals surface area contributed by atoms with Crippen molar-refractivity contribution in [1.82, 2.24) is 4.90 Å². The summed E-state index contributed by atoms with van der Waals surface area (Å²) in [5.74, 6) is 0.704. The van der Waals surface area contributed by atoms with Gasteiger partial charge >= 0.3 is 5.97 Å². The van der Waals surface area contributed by atoms with Gasteiger partial charge in [0, 0.05) is 19.1 Å². The molecule has 92 valence electrons. The van der Waals surface area contributed by atoms with Gasteiger partial charge in [-0.3, -0.25) is 9.69 Å². The van der Waals surface area contributed by atoms with E-state index in [-0.39, 0.29) is 11.9 Å². The number of hydrogen-bond acceptors (Lipinski definition) is 4. The van der Waals surface area contributed by atoms with Crippen molar-refractivity contribution in [2.24, 2.45) is 11.8 Å². The third-order valence-electron chi connectivity index (χ3n) is 3.55. The van der Waals surface area contributed by atoms with Gasteiger partial charge in [0.1, 0.15) is 6.61 Å². The summed E-state index contributed by atoms with van der Waals surface area (Å²) in [6.07, 6.45) is 1.00. The molecule has 0 amide bonds. The van der Waals surface area contributed by atoms with Gasteiger partial charge in [-0.2, -0.15) is 0 Å². The highest BCUT2D eigenvalue weighted by atomic mass is 16.5. The maximum Gasteiger partial charge on any atom is 0.309 e. The van der Waals surface area contributed by atoms with Crippen LogP contribution in [0.2, 0.25) is 0 Å². The Morgan fingerprint density at radius 2 is 2.12 bits per heavy atom. The molecule has 4 nitrogen and oxygen atoms in total. The average Bonchev–Trinajstić information content (AvgIpc) is 3.04. The summed E-state index contributed by atoms with van der Waals surface area (Å²) in [7, 11) is 0. The predicted octanol–water partition coefficient (Wildman–Crippen LogP) is 0.906. The summed E-state index contributed by atoms with van der Waals surface area (Å²) >= 11 is 0. The SMILES string of the molecule is C[C@H]1C[C@@H]1C(=O)OC[C@H](C)N1CCOCC1. The van der Waals surface area contributed by atoms with Crippen molar-refractivity contribution in [3.8, 4) is 0 Å². The Kier molecular flexibility index (Phi) is 3.82. The van der Waals surface area contributed by atoms with Gasteiger partial charge in [-0.25, -0.2) is 0 Å². The standard InChI is InChI=1S/C12H21NO3/c1-9-7-11(9)12(14)16-8-10(2)13-3-5-15-6-4-13/h9-11H,3-8H2,1-2H3/t9-,10-,11-/m0/s1. The quantitative estimate of drug-likeness (QED) is 0.669. The van der Waals surface area contributed by atoms with Crippen molar-refractivity contribution in [3.63, 3.8) is 0 Å². The van der Waals surface area contributed by atoms with E-state index in [4.69, 9.17) is 9.47 Å². The zero-order valence-corrected chi connectivity index (χ0v) is 10.1. The van der Waals surface area contributed by atoms with Gasteiger partial charge in [0.2, 0.25) is 0 Å². The molecule has 1 saturated heterocycles. The number of rotatable bonds is 4. The van der Waals surface area contributed by atoms with Gasteiger partial charge in [-0.1, -0.05) is 6.92 Å². The van der Waals surface area contributed by atoms with Crippen molar-refractivity contribution in [2.75, 3.05) is 32.9 Å². The van der Waals surface area contributed by atoms with Crippen molar-refractivity contribution in [3.05, 3.63) is 0 Å². The molecule has 1 heterocycles. The van der Waals surface area contributed by atoms with E-state index < -0.39 is 0 Å². The summed E-state index contributed by atoms with van der Waals surface area (Å²) in [4.78, 5) is 13.9. The highest BCUT2D eigenvalue weighted by Gasteiger charge is 2.40. The Hall–Kier alpha value is -0.610. The largest absolute Gasteiger partial charge is 0.464 e. The zero-order valence-electron chi connectivity index (χ0n) is 10.1. The van der Waals surface area contributed by atoms with Crippen LogP contribution in [0.15, 0.2) is 0 Å². The molecule has 4 heteroatoms. The molecule has 2 aliphatic rings. The van der Waals surface area contributed by atoms with E-state index in [1.807, 2.05) is 0 Å². The van der Waals surface area contributed by atoms with Crippen LogP contribution in [0.5, 0.6) is 0 Å². The van der Waals surface area contributed by atoms with E-state index >= 15 is 0 Å². The fraction of sp³-hybridized carbons (Fsp3) is 0.917. The topological polar surface area (TPSA) is 38.8 Å². The number of hydrogen-bond donors (Lipinski definition) is 0. The minimum absolute atomic E-state index is 0.00684. The van der Waals surface area contributed by atoms with Crippen LogP contribution in [0.25, 0.3) is 0 Å².